The van der Waals surface area contributed by atoms with Crippen LogP contribution in [0, 0.1) is 18.6 Å². The Morgan fingerprint density at radius 1 is 1.10 bits per heavy atom. The minimum Gasteiger partial charge on any atom is -0.348 e. The fraction of sp³-hybridized carbons (Fsp3) is 0.333. The molecule has 0 aromatic heterocycles. The molecule has 0 aliphatic heterocycles. The Kier molecular flexibility index (Phi) is 8.10. The Bertz CT molecular complexity index is 892. The molecular formula is C21H24ClF2N3O2. The minimum absolute atomic E-state index is 0.00909. The lowest BCUT2D eigenvalue weighted by Gasteiger charge is -2.21. The van der Waals surface area contributed by atoms with Gasteiger partial charge in [0.05, 0.1) is 19.1 Å². The van der Waals surface area contributed by atoms with E-state index in [4.69, 9.17) is 11.6 Å². The number of hydrogen-bond donors (Lipinski definition) is 2. The molecule has 2 aromatic rings. The standard InChI is InChI=1S/C21H24ClF2N3O2/c1-4-27(12-21(29)26-19-9-15(22)6-5-13(19)2)11-20(28)25-14(3)17-8-7-16(23)10-18(17)24/h5-10,14H,4,11-12H2,1-3H3,(H,25,28)(H,26,29)/t14-/m1/s1. The second-order valence-corrected chi connectivity index (χ2v) is 7.20. The van der Waals surface area contributed by atoms with Gasteiger partial charge in [-0.15, -0.1) is 0 Å². The van der Waals surface area contributed by atoms with Crippen LogP contribution >= 0.6 is 11.6 Å². The highest BCUT2D eigenvalue weighted by molar-refractivity contribution is 6.31. The highest BCUT2D eigenvalue weighted by Crippen LogP contribution is 2.20. The molecule has 8 heteroatoms. The lowest BCUT2D eigenvalue weighted by molar-refractivity contribution is -0.123. The second kappa shape index (κ2) is 10.3. The summed E-state index contributed by atoms with van der Waals surface area (Å²) in [5, 5.41) is 5.97. The highest BCUT2D eigenvalue weighted by Gasteiger charge is 2.18. The Labute approximate surface area is 174 Å². The molecule has 2 rings (SSSR count). The number of rotatable bonds is 8. The predicted molar refractivity (Wildman–Crippen MR) is 110 cm³/mol. The number of benzene rings is 2. The van der Waals surface area contributed by atoms with Gasteiger partial charge in [-0.3, -0.25) is 14.5 Å². The van der Waals surface area contributed by atoms with Gasteiger partial charge in [0.15, 0.2) is 0 Å². The molecular weight excluding hydrogens is 400 g/mol. The van der Waals surface area contributed by atoms with Crippen LogP contribution in [0.15, 0.2) is 36.4 Å². The molecule has 0 heterocycles. The molecule has 2 aromatic carbocycles. The average Bonchev–Trinajstić information content (AvgIpc) is 2.63. The lowest BCUT2D eigenvalue weighted by Crippen LogP contribution is -2.41. The number of likely N-dealkylation sites (N-methyl/N-ethyl adjacent to an activating group) is 1. The van der Waals surface area contributed by atoms with E-state index in [1.807, 2.05) is 13.8 Å². The largest absolute Gasteiger partial charge is 0.348 e. The van der Waals surface area contributed by atoms with E-state index in [0.717, 1.165) is 17.7 Å². The molecule has 1 atom stereocenters. The molecule has 2 amide bonds. The number of amides is 2. The third-order valence-corrected chi connectivity index (χ3v) is 4.70. The number of carbonyl (C=O) groups is 2. The number of aryl methyl sites for hydroxylation is 1. The van der Waals surface area contributed by atoms with Gasteiger partial charge in [-0.2, -0.15) is 0 Å². The molecule has 29 heavy (non-hydrogen) atoms. The van der Waals surface area contributed by atoms with Gasteiger partial charge in [-0.05, 0) is 44.2 Å². The smallest absolute Gasteiger partial charge is 0.238 e. The van der Waals surface area contributed by atoms with Crippen LogP contribution in [0.5, 0.6) is 0 Å². The van der Waals surface area contributed by atoms with Crippen molar-refractivity contribution < 1.29 is 18.4 Å². The number of hydrogen-bond acceptors (Lipinski definition) is 3. The number of nitrogens with one attached hydrogen (secondary N) is 2. The summed E-state index contributed by atoms with van der Waals surface area (Å²) in [6.07, 6.45) is 0. The fourth-order valence-corrected chi connectivity index (χ4v) is 2.99. The Hall–Kier alpha value is -2.51. The molecule has 0 saturated carbocycles. The van der Waals surface area contributed by atoms with E-state index in [-0.39, 0.29) is 30.5 Å². The highest BCUT2D eigenvalue weighted by atomic mass is 35.5. The topological polar surface area (TPSA) is 61.4 Å². The van der Waals surface area contributed by atoms with Crippen molar-refractivity contribution in [3.05, 3.63) is 64.2 Å². The van der Waals surface area contributed by atoms with Crippen LogP contribution in [0.3, 0.4) is 0 Å². The van der Waals surface area contributed by atoms with Gasteiger partial charge in [0.25, 0.3) is 0 Å². The molecule has 0 unspecified atom stereocenters. The number of anilines is 1. The summed E-state index contributed by atoms with van der Waals surface area (Å²) >= 11 is 5.96. The van der Waals surface area contributed by atoms with Crippen molar-refractivity contribution >= 4 is 29.1 Å². The van der Waals surface area contributed by atoms with Gasteiger partial charge < -0.3 is 10.6 Å². The second-order valence-electron chi connectivity index (χ2n) is 6.77. The zero-order chi connectivity index (χ0) is 21.6. The van der Waals surface area contributed by atoms with E-state index in [1.54, 1.807) is 30.0 Å². The third-order valence-electron chi connectivity index (χ3n) is 4.46. The van der Waals surface area contributed by atoms with E-state index >= 15 is 0 Å². The SMILES string of the molecule is CCN(CC(=O)Nc1cc(Cl)ccc1C)CC(=O)N[C@H](C)c1ccc(F)cc1F. The van der Waals surface area contributed by atoms with Crippen molar-refractivity contribution in [3.63, 3.8) is 0 Å². The average molecular weight is 424 g/mol. The van der Waals surface area contributed by atoms with Gasteiger partial charge in [-0.1, -0.05) is 30.7 Å². The first-order chi connectivity index (χ1) is 13.7. The third kappa shape index (κ3) is 6.80. The van der Waals surface area contributed by atoms with E-state index in [2.05, 4.69) is 10.6 Å². The maximum atomic E-state index is 13.9. The van der Waals surface area contributed by atoms with E-state index < -0.39 is 17.7 Å². The minimum atomic E-state index is -0.721. The van der Waals surface area contributed by atoms with Crippen molar-refractivity contribution in [2.75, 3.05) is 25.0 Å². The van der Waals surface area contributed by atoms with Gasteiger partial charge >= 0.3 is 0 Å². The van der Waals surface area contributed by atoms with Gasteiger partial charge in [0.1, 0.15) is 11.6 Å². The molecule has 0 radical (unpaired) electrons. The Morgan fingerprint density at radius 3 is 2.45 bits per heavy atom. The first-order valence-electron chi connectivity index (χ1n) is 9.22. The summed E-state index contributed by atoms with van der Waals surface area (Å²) in [4.78, 5) is 26.3. The lowest BCUT2D eigenvalue weighted by atomic mass is 10.1. The summed E-state index contributed by atoms with van der Waals surface area (Å²) in [5.74, 6) is -2.04. The monoisotopic (exact) mass is 423 g/mol. The molecule has 156 valence electrons. The molecule has 0 fully saturated rings. The zero-order valence-electron chi connectivity index (χ0n) is 16.6. The van der Waals surface area contributed by atoms with Crippen LogP contribution in [0.1, 0.15) is 31.0 Å². The van der Waals surface area contributed by atoms with Crippen molar-refractivity contribution in [1.82, 2.24) is 10.2 Å². The van der Waals surface area contributed by atoms with Crippen molar-refractivity contribution in [1.29, 1.82) is 0 Å². The summed E-state index contributed by atoms with van der Waals surface area (Å²) in [7, 11) is 0. The molecule has 0 aliphatic rings. The van der Waals surface area contributed by atoms with Gasteiger partial charge in [0, 0.05) is 22.3 Å². The molecule has 0 aliphatic carbocycles. The van der Waals surface area contributed by atoms with Crippen LogP contribution < -0.4 is 10.6 Å². The Morgan fingerprint density at radius 2 is 1.79 bits per heavy atom. The summed E-state index contributed by atoms with van der Waals surface area (Å²) in [6.45, 7) is 5.73. The quantitative estimate of drug-likeness (QED) is 0.673. The van der Waals surface area contributed by atoms with Crippen LogP contribution in [-0.2, 0) is 9.59 Å². The summed E-state index contributed by atoms with van der Waals surface area (Å²) in [6, 6.07) is 7.79. The molecule has 0 bridgehead atoms. The molecule has 2 N–H and O–H groups in total. The zero-order valence-corrected chi connectivity index (χ0v) is 17.3. The van der Waals surface area contributed by atoms with Crippen molar-refractivity contribution in [2.24, 2.45) is 0 Å². The molecule has 0 saturated heterocycles. The van der Waals surface area contributed by atoms with Gasteiger partial charge in [-0.25, -0.2) is 8.78 Å². The van der Waals surface area contributed by atoms with Crippen LogP contribution in [0.4, 0.5) is 14.5 Å². The summed E-state index contributed by atoms with van der Waals surface area (Å²) < 4.78 is 26.9. The van der Waals surface area contributed by atoms with Gasteiger partial charge in [0.2, 0.25) is 11.8 Å². The van der Waals surface area contributed by atoms with Crippen LogP contribution in [-0.4, -0.2) is 36.3 Å². The first-order valence-corrected chi connectivity index (χ1v) is 9.60. The molecule has 5 nitrogen and oxygen atoms in total. The van der Waals surface area contributed by atoms with E-state index in [1.165, 1.54) is 6.07 Å². The number of carbonyl (C=O) groups excluding carboxylic acids is 2. The van der Waals surface area contributed by atoms with E-state index in [9.17, 15) is 18.4 Å². The molecule has 0 spiro atoms. The maximum absolute atomic E-state index is 13.9. The number of halogens is 3. The fourth-order valence-electron chi connectivity index (χ4n) is 2.82. The normalized spacial score (nSPS) is 12.0. The van der Waals surface area contributed by atoms with Crippen molar-refractivity contribution in [2.45, 2.75) is 26.8 Å². The van der Waals surface area contributed by atoms with Crippen molar-refractivity contribution in [3.8, 4) is 0 Å². The van der Waals surface area contributed by atoms with Crippen LogP contribution in [0.2, 0.25) is 5.02 Å². The summed E-state index contributed by atoms with van der Waals surface area (Å²) in [5.41, 5.74) is 1.68. The van der Waals surface area contributed by atoms with E-state index in [0.29, 0.717) is 17.3 Å². The Balaban J connectivity index is 1.91. The maximum Gasteiger partial charge on any atom is 0.238 e. The first kappa shape index (κ1) is 22.8. The number of nitrogens with zero attached hydrogens (tertiary/aromatic N) is 1. The predicted octanol–water partition coefficient (Wildman–Crippen LogP) is 4.06. The van der Waals surface area contributed by atoms with Crippen LogP contribution in [0.25, 0.3) is 0 Å².